The molecule has 1 amide bonds. The fourth-order valence-electron chi connectivity index (χ4n) is 9.52. The molecule has 3 aromatic heterocycles. The second-order valence-corrected chi connectivity index (χ2v) is 15.4. The molecule has 4 bridgehead atoms. The number of carbonyl (C=O) groups excluding carboxylic acids is 1. The van der Waals surface area contributed by atoms with Crippen molar-refractivity contribution >= 4 is 44.4 Å². The van der Waals surface area contributed by atoms with Crippen molar-refractivity contribution in [2.45, 2.75) is 58.5 Å². The Labute approximate surface area is 283 Å². The summed E-state index contributed by atoms with van der Waals surface area (Å²) < 4.78 is 3.13. The average molecular weight is 659 g/mol. The van der Waals surface area contributed by atoms with Gasteiger partial charge in [0.25, 0.3) is 5.91 Å². The minimum Gasteiger partial charge on any atom is -0.476 e. The van der Waals surface area contributed by atoms with Gasteiger partial charge in [0, 0.05) is 42.0 Å². The number of nitrogens with one attached hydrogen (secondary N) is 1. The van der Waals surface area contributed by atoms with Crippen molar-refractivity contribution in [3.8, 4) is 11.1 Å². The Kier molecular flexibility index (Phi) is 7.11. The number of benzene rings is 2. The number of hydrogen-bond donors (Lipinski definition) is 2. The second-order valence-electron chi connectivity index (χ2n) is 14.3. The number of aromatic nitrogens is 4. The van der Waals surface area contributed by atoms with Gasteiger partial charge in [-0.3, -0.25) is 14.8 Å². The number of thiazole rings is 1. The highest BCUT2D eigenvalue weighted by molar-refractivity contribution is 7.22. The van der Waals surface area contributed by atoms with Gasteiger partial charge >= 0.3 is 5.97 Å². The minimum absolute atomic E-state index is 0.0254. The summed E-state index contributed by atoms with van der Waals surface area (Å²) in [5.41, 5.74) is 5.92. The molecule has 4 saturated carbocycles. The van der Waals surface area contributed by atoms with Crippen LogP contribution in [-0.2, 0) is 19.5 Å². The van der Waals surface area contributed by atoms with Crippen molar-refractivity contribution in [3.63, 3.8) is 0 Å². The Balaban J connectivity index is 0.961. The highest BCUT2D eigenvalue weighted by Crippen LogP contribution is 2.57. The second kappa shape index (κ2) is 11.5. The molecule has 9 nitrogen and oxygen atoms in total. The van der Waals surface area contributed by atoms with Crippen LogP contribution in [0.3, 0.4) is 0 Å². The molecule has 4 heterocycles. The van der Waals surface area contributed by atoms with Crippen LogP contribution in [0.2, 0.25) is 0 Å². The molecule has 5 aromatic rings. The fraction of sp³-hybridized carbons (Fsp3) is 0.395. The van der Waals surface area contributed by atoms with Gasteiger partial charge in [-0.05, 0) is 116 Å². The van der Waals surface area contributed by atoms with Crippen LogP contribution in [-0.4, -0.2) is 43.3 Å². The molecule has 1 aliphatic heterocycles. The van der Waals surface area contributed by atoms with Gasteiger partial charge in [0.15, 0.2) is 10.8 Å². The van der Waals surface area contributed by atoms with E-state index in [1.54, 1.807) is 0 Å². The maximum absolute atomic E-state index is 13.5. The Morgan fingerprint density at radius 2 is 1.73 bits per heavy atom. The van der Waals surface area contributed by atoms with E-state index in [9.17, 15) is 14.7 Å². The summed E-state index contributed by atoms with van der Waals surface area (Å²) in [6, 6.07) is 17.4. The van der Waals surface area contributed by atoms with E-state index in [1.807, 2.05) is 54.7 Å². The predicted molar refractivity (Wildman–Crippen MR) is 186 cm³/mol. The number of rotatable bonds is 7. The van der Waals surface area contributed by atoms with Crippen LogP contribution >= 0.6 is 11.3 Å². The number of nitrogens with zero attached hydrogens (tertiary/aromatic N) is 5. The Morgan fingerprint density at radius 3 is 2.50 bits per heavy atom. The van der Waals surface area contributed by atoms with Gasteiger partial charge in [-0.15, -0.1) is 0 Å². The van der Waals surface area contributed by atoms with E-state index < -0.39 is 5.97 Å². The smallest absolute Gasteiger partial charge is 0.355 e. The zero-order valence-corrected chi connectivity index (χ0v) is 27.7. The third-order valence-electron chi connectivity index (χ3n) is 11.6. The molecule has 244 valence electrons. The van der Waals surface area contributed by atoms with E-state index >= 15 is 0 Å². The molecule has 0 radical (unpaired) electrons. The minimum atomic E-state index is -1.06. The van der Waals surface area contributed by atoms with Gasteiger partial charge in [-0.25, -0.2) is 14.8 Å². The monoisotopic (exact) mass is 658 g/mol. The summed E-state index contributed by atoms with van der Waals surface area (Å²) in [7, 11) is 0. The van der Waals surface area contributed by atoms with Crippen molar-refractivity contribution in [1.29, 1.82) is 0 Å². The number of carboxylic acids is 1. The standard InChI is InChI=1S/C38H38N6O3S/c1-21-29(18-39-44(21)20-30-25-14-22-13-23(16-25)17-26(30)15-22)27-9-10-34(41-35(27)37(46)47)43-12-11-24-5-4-6-28(31(24)19-43)36(45)42-38-40-32-7-2-3-8-33(32)48-38/h2-10,18,22-23,25-26,30H,11-17,19-20H2,1H3,(H,46,47)(H,40,42,45). The van der Waals surface area contributed by atoms with Crippen molar-refractivity contribution < 1.29 is 14.7 Å². The molecule has 48 heavy (non-hydrogen) atoms. The lowest BCUT2D eigenvalue weighted by Crippen LogP contribution is -2.46. The number of amides is 1. The molecule has 4 aliphatic carbocycles. The first-order chi connectivity index (χ1) is 23.4. The number of hydrogen-bond acceptors (Lipinski definition) is 7. The van der Waals surface area contributed by atoms with E-state index in [4.69, 9.17) is 10.1 Å². The molecule has 2 N–H and O–H groups in total. The predicted octanol–water partition coefficient (Wildman–Crippen LogP) is 7.45. The zero-order chi connectivity index (χ0) is 32.5. The van der Waals surface area contributed by atoms with E-state index in [0.29, 0.717) is 41.1 Å². The normalized spacial score (nSPS) is 24.2. The van der Waals surface area contributed by atoms with E-state index in [0.717, 1.165) is 69.2 Å². The van der Waals surface area contributed by atoms with E-state index in [-0.39, 0.29) is 11.6 Å². The van der Waals surface area contributed by atoms with E-state index in [2.05, 4.69) is 32.9 Å². The number of pyridine rings is 1. The topological polar surface area (TPSA) is 113 Å². The SMILES string of the molecule is Cc1c(-c2ccc(N3CCc4cccc(C(=O)Nc5nc6ccccc6s5)c4C3)nc2C(=O)O)cnn1CC1C2CC3CC(C2)CC1C3. The number of anilines is 2. The lowest BCUT2D eigenvalue weighted by molar-refractivity contribution is -0.0444. The van der Waals surface area contributed by atoms with Crippen LogP contribution in [0.5, 0.6) is 0 Å². The van der Waals surface area contributed by atoms with Crippen LogP contribution in [0.25, 0.3) is 21.3 Å². The quantitative estimate of drug-likeness (QED) is 0.187. The Morgan fingerprint density at radius 1 is 0.938 bits per heavy atom. The summed E-state index contributed by atoms with van der Waals surface area (Å²) in [6.07, 6.45) is 9.47. The summed E-state index contributed by atoms with van der Waals surface area (Å²) in [4.78, 5) is 37.5. The Bertz CT molecular complexity index is 2020. The zero-order valence-electron chi connectivity index (χ0n) is 26.9. The number of carboxylic acid groups (broad SMARTS) is 1. The number of aromatic carboxylic acids is 1. The molecular weight excluding hydrogens is 621 g/mol. The van der Waals surface area contributed by atoms with Crippen LogP contribution in [0, 0.1) is 36.5 Å². The van der Waals surface area contributed by atoms with Gasteiger partial charge in [0.2, 0.25) is 0 Å². The van der Waals surface area contributed by atoms with Crippen molar-refractivity contribution in [1.82, 2.24) is 19.7 Å². The third-order valence-corrected chi connectivity index (χ3v) is 12.6. The highest BCUT2D eigenvalue weighted by atomic mass is 32.1. The first kappa shape index (κ1) is 29.6. The van der Waals surface area contributed by atoms with Gasteiger partial charge in [-0.1, -0.05) is 35.6 Å². The first-order valence-corrected chi connectivity index (χ1v) is 18.0. The lowest BCUT2D eigenvalue weighted by atomic mass is 9.52. The van der Waals surface area contributed by atoms with Crippen molar-refractivity contribution in [3.05, 3.63) is 88.9 Å². The summed E-state index contributed by atoms with van der Waals surface area (Å²) in [5.74, 6) is 3.46. The summed E-state index contributed by atoms with van der Waals surface area (Å²) >= 11 is 1.45. The molecule has 10 rings (SSSR count). The number of para-hydroxylation sites is 1. The van der Waals surface area contributed by atoms with Crippen molar-refractivity contribution in [2.75, 3.05) is 16.8 Å². The maximum atomic E-state index is 13.5. The number of carbonyl (C=O) groups is 2. The third kappa shape index (κ3) is 5.08. The first-order valence-electron chi connectivity index (χ1n) is 17.2. The molecule has 2 aromatic carbocycles. The van der Waals surface area contributed by atoms with Crippen molar-refractivity contribution in [2.24, 2.45) is 29.6 Å². The van der Waals surface area contributed by atoms with Gasteiger partial charge in [0.1, 0.15) is 5.82 Å². The van der Waals surface area contributed by atoms with Gasteiger partial charge in [-0.2, -0.15) is 5.10 Å². The van der Waals surface area contributed by atoms with E-state index in [1.165, 1.54) is 43.4 Å². The fourth-order valence-corrected chi connectivity index (χ4v) is 10.4. The highest BCUT2D eigenvalue weighted by Gasteiger charge is 2.48. The molecular formula is C38H38N6O3S. The average Bonchev–Trinajstić information content (AvgIpc) is 3.67. The van der Waals surface area contributed by atoms with Crippen LogP contribution in [0.15, 0.2) is 60.8 Å². The molecule has 0 atom stereocenters. The van der Waals surface area contributed by atoms with Gasteiger partial charge < -0.3 is 10.0 Å². The molecule has 0 saturated heterocycles. The maximum Gasteiger partial charge on any atom is 0.355 e. The summed E-state index contributed by atoms with van der Waals surface area (Å²) in [5, 5.41) is 18.7. The largest absolute Gasteiger partial charge is 0.476 e. The van der Waals surface area contributed by atoms with Gasteiger partial charge in [0.05, 0.1) is 16.4 Å². The molecule has 5 aliphatic rings. The Hall–Kier alpha value is -4.57. The van der Waals surface area contributed by atoms with Crippen LogP contribution in [0.1, 0.15) is 69.8 Å². The molecule has 4 fully saturated rings. The molecule has 0 unspecified atom stereocenters. The summed E-state index contributed by atoms with van der Waals surface area (Å²) in [6.45, 7) is 4.09. The molecule has 10 heteroatoms. The number of fused-ring (bicyclic) bond motifs is 2. The molecule has 0 spiro atoms. The lowest BCUT2D eigenvalue weighted by Gasteiger charge is -2.54. The van der Waals surface area contributed by atoms with Crippen LogP contribution in [0.4, 0.5) is 10.9 Å². The van der Waals surface area contributed by atoms with Crippen LogP contribution < -0.4 is 10.2 Å².